The van der Waals surface area contributed by atoms with Gasteiger partial charge in [0.1, 0.15) is 17.0 Å². The van der Waals surface area contributed by atoms with E-state index in [4.69, 9.17) is 5.73 Å². The van der Waals surface area contributed by atoms with Gasteiger partial charge in [0.25, 0.3) is 0 Å². The number of nitrogen functional groups attached to an aromatic ring is 1. The minimum Gasteiger partial charge on any atom is -0.382 e. The lowest BCUT2D eigenvalue weighted by Crippen LogP contribution is -2.06. The summed E-state index contributed by atoms with van der Waals surface area (Å²) in [6.07, 6.45) is 1.49. The molecule has 110 valence electrons. The fourth-order valence-electron chi connectivity index (χ4n) is 2.01. The topological polar surface area (TPSA) is 63.8 Å². The van der Waals surface area contributed by atoms with Crippen molar-refractivity contribution in [3.63, 3.8) is 0 Å². The zero-order valence-electron chi connectivity index (χ0n) is 11.9. The Kier molecular flexibility index (Phi) is 4.56. The van der Waals surface area contributed by atoms with E-state index in [-0.39, 0.29) is 0 Å². The summed E-state index contributed by atoms with van der Waals surface area (Å²) in [5.74, 6) is 0.462. The molecule has 3 aromatic rings. The Bertz CT molecular complexity index is 732. The lowest BCUT2D eigenvalue weighted by Gasteiger charge is -2.12. The summed E-state index contributed by atoms with van der Waals surface area (Å²) in [7, 11) is 0. The molecule has 0 bridgehead atoms. The van der Waals surface area contributed by atoms with Crippen LogP contribution in [0, 0.1) is 0 Å². The molecule has 0 fully saturated rings. The van der Waals surface area contributed by atoms with E-state index in [0.29, 0.717) is 12.4 Å². The van der Waals surface area contributed by atoms with Crippen molar-refractivity contribution in [1.29, 1.82) is 0 Å². The average molecular weight is 308 g/mol. The summed E-state index contributed by atoms with van der Waals surface area (Å²) in [6, 6.07) is 20.3. The molecule has 4 nitrogen and oxygen atoms in total. The molecule has 0 unspecified atom stereocenters. The molecule has 3 N–H and O–H groups in total. The number of nitrogens with two attached hydrogens (primary N) is 1. The lowest BCUT2D eigenvalue weighted by atomic mass is 10.2. The first kappa shape index (κ1) is 14.4. The zero-order valence-corrected chi connectivity index (χ0v) is 12.8. The highest BCUT2D eigenvalue weighted by Gasteiger charge is 2.10. The molecule has 0 saturated carbocycles. The number of hydrogen-bond donors (Lipinski definition) is 2. The maximum atomic E-state index is 6.01. The highest BCUT2D eigenvalue weighted by Crippen LogP contribution is 2.33. The fourth-order valence-corrected chi connectivity index (χ4v) is 2.91. The third-order valence-electron chi connectivity index (χ3n) is 3.11. The van der Waals surface area contributed by atoms with Crippen molar-refractivity contribution in [3.8, 4) is 0 Å². The van der Waals surface area contributed by atoms with E-state index in [0.717, 1.165) is 15.6 Å². The van der Waals surface area contributed by atoms with Gasteiger partial charge in [-0.15, -0.1) is 0 Å². The maximum absolute atomic E-state index is 6.01. The summed E-state index contributed by atoms with van der Waals surface area (Å²) >= 11 is 1.57. The molecule has 0 radical (unpaired) electrons. The van der Waals surface area contributed by atoms with Crippen LogP contribution < -0.4 is 11.1 Å². The van der Waals surface area contributed by atoms with Crippen LogP contribution in [0.1, 0.15) is 5.56 Å². The first-order valence-corrected chi connectivity index (χ1v) is 7.76. The Labute approximate surface area is 133 Å². The van der Waals surface area contributed by atoms with Crippen molar-refractivity contribution in [2.45, 2.75) is 16.5 Å². The molecule has 0 aliphatic rings. The first-order valence-electron chi connectivity index (χ1n) is 6.94. The van der Waals surface area contributed by atoms with Crippen LogP contribution in [-0.4, -0.2) is 9.97 Å². The van der Waals surface area contributed by atoms with Gasteiger partial charge in [-0.05, 0) is 17.7 Å². The molecule has 1 heterocycles. The molecule has 0 spiro atoms. The van der Waals surface area contributed by atoms with Crippen molar-refractivity contribution in [2.24, 2.45) is 0 Å². The molecule has 1 aromatic heterocycles. The Balaban J connectivity index is 1.81. The second-order valence-corrected chi connectivity index (χ2v) is 5.76. The van der Waals surface area contributed by atoms with Gasteiger partial charge in [-0.1, -0.05) is 60.3 Å². The van der Waals surface area contributed by atoms with Gasteiger partial charge in [0.15, 0.2) is 5.82 Å². The Hall–Kier alpha value is -2.53. The van der Waals surface area contributed by atoms with Gasteiger partial charge < -0.3 is 11.1 Å². The molecule has 0 amide bonds. The minimum atomic E-state index is 0.462. The van der Waals surface area contributed by atoms with Crippen molar-refractivity contribution in [1.82, 2.24) is 9.97 Å². The predicted molar refractivity (Wildman–Crippen MR) is 90.8 cm³/mol. The van der Waals surface area contributed by atoms with E-state index in [2.05, 4.69) is 27.4 Å². The number of nitrogens with zero attached hydrogens (tertiary/aromatic N) is 2. The van der Waals surface area contributed by atoms with E-state index in [1.807, 2.05) is 48.5 Å². The number of anilines is 2. The van der Waals surface area contributed by atoms with E-state index in [1.54, 1.807) is 11.8 Å². The first-order chi connectivity index (χ1) is 10.8. The summed E-state index contributed by atoms with van der Waals surface area (Å²) in [4.78, 5) is 9.56. The number of nitrogens with one attached hydrogen (secondary N) is 1. The van der Waals surface area contributed by atoms with Gasteiger partial charge in [0.05, 0.1) is 0 Å². The van der Waals surface area contributed by atoms with Crippen molar-refractivity contribution in [3.05, 3.63) is 72.6 Å². The molecule has 22 heavy (non-hydrogen) atoms. The van der Waals surface area contributed by atoms with Crippen LogP contribution in [0.4, 0.5) is 11.5 Å². The predicted octanol–water partition coefficient (Wildman–Crippen LogP) is 3.82. The van der Waals surface area contributed by atoms with Crippen LogP contribution in [0.2, 0.25) is 0 Å². The Morgan fingerprint density at radius 1 is 0.909 bits per heavy atom. The molecule has 3 rings (SSSR count). The van der Waals surface area contributed by atoms with E-state index in [9.17, 15) is 0 Å². The van der Waals surface area contributed by atoms with Crippen LogP contribution in [-0.2, 0) is 6.54 Å². The van der Waals surface area contributed by atoms with Gasteiger partial charge in [0.2, 0.25) is 0 Å². The van der Waals surface area contributed by atoms with Crippen LogP contribution in [0.15, 0.2) is 76.9 Å². The molecular formula is C17H16N4S. The zero-order chi connectivity index (χ0) is 15.2. The van der Waals surface area contributed by atoms with Gasteiger partial charge in [-0.2, -0.15) is 0 Å². The third-order valence-corrected chi connectivity index (χ3v) is 4.12. The average Bonchev–Trinajstić information content (AvgIpc) is 2.56. The van der Waals surface area contributed by atoms with Crippen LogP contribution >= 0.6 is 11.8 Å². The standard InChI is InChI=1S/C17H16N4S/c18-16-15(19-11-13-7-3-1-4-8-13)17(21-12-20-16)22-14-9-5-2-6-10-14/h1-10,12,19H,11H2,(H2,18,20,21). The van der Waals surface area contributed by atoms with Gasteiger partial charge in [-0.25, -0.2) is 9.97 Å². The molecule has 5 heteroatoms. The third kappa shape index (κ3) is 3.56. The van der Waals surface area contributed by atoms with E-state index < -0.39 is 0 Å². The van der Waals surface area contributed by atoms with Crippen LogP contribution in [0.5, 0.6) is 0 Å². The molecular weight excluding hydrogens is 292 g/mol. The maximum Gasteiger partial charge on any atom is 0.151 e. The number of benzene rings is 2. The second kappa shape index (κ2) is 6.95. The number of rotatable bonds is 5. The Morgan fingerprint density at radius 2 is 1.59 bits per heavy atom. The van der Waals surface area contributed by atoms with Crippen molar-refractivity contribution >= 4 is 23.3 Å². The number of aromatic nitrogens is 2. The lowest BCUT2D eigenvalue weighted by molar-refractivity contribution is 1.02. The molecule has 0 atom stereocenters. The monoisotopic (exact) mass is 308 g/mol. The van der Waals surface area contributed by atoms with Crippen molar-refractivity contribution in [2.75, 3.05) is 11.1 Å². The van der Waals surface area contributed by atoms with Gasteiger partial charge in [-0.3, -0.25) is 0 Å². The number of hydrogen-bond acceptors (Lipinski definition) is 5. The van der Waals surface area contributed by atoms with Crippen molar-refractivity contribution < 1.29 is 0 Å². The molecule has 0 saturated heterocycles. The quantitative estimate of drug-likeness (QED) is 0.701. The van der Waals surface area contributed by atoms with E-state index >= 15 is 0 Å². The second-order valence-electron chi connectivity index (χ2n) is 4.69. The summed E-state index contributed by atoms with van der Waals surface area (Å²) < 4.78 is 0. The largest absolute Gasteiger partial charge is 0.382 e. The normalized spacial score (nSPS) is 10.4. The highest BCUT2D eigenvalue weighted by molar-refractivity contribution is 7.99. The summed E-state index contributed by atoms with van der Waals surface area (Å²) in [5.41, 5.74) is 7.97. The summed E-state index contributed by atoms with van der Waals surface area (Å²) in [6.45, 7) is 0.681. The Morgan fingerprint density at radius 3 is 2.32 bits per heavy atom. The fraction of sp³-hybridized carbons (Fsp3) is 0.0588. The molecule has 0 aliphatic heterocycles. The van der Waals surface area contributed by atoms with E-state index in [1.165, 1.54) is 11.9 Å². The highest BCUT2D eigenvalue weighted by atomic mass is 32.2. The minimum absolute atomic E-state index is 0.462. The van der Waals surface area contributed by atoms with Gasteiger partial charge >= 0.3 is 0 Å². The van der Waals surface area contributed by atoms with Crippen LogP contribution in [0.3, 0.4) is 0 Å². The smallest absolute Gasteiger partial charge is 0.151 e. The molecule has 2 aromatic carbocycles. The van der Waals surface area contributed by atoms with Gasteiger partial charge in [0, 0.05) is 11.4 Å². The van der Waals surface area contributed by atoms with Crippen LogP contribution in [0.25, 0.3) is 0 Å². The summed E-state index contributed by atoms with van der Waals surface area (Å²) in [5, 5.41) is 4.18. The SMILES string of the molecule is Nc1ncnc(Sc2ccccc2)c1NCc1ccccc1. The molecule has 0 aliphatic carbocycles.